The third-order valence-electron chi connectivity index (χ3n) is 4.20. The summed E-state index contributed by atoms with van der Waals surface area (Å²) in [6.45, 7) is 10.4. The summed E-state index contributed by atoms with van der Waals surface area (Å²) < 4.78 is 27.6. The van der Waals surface area contributed by atoms with Crippen molar-refractivity contribution in [2.24, 2.45) is 0 Å². The van der Waals surface area contributed by atoms with Crippen LogP contribution in [0.1, 0.15) is 52.0 Å². The van der Waals surface area contributed by atoms with Crippen LogP contribution in [0.5, 0.6) is 0 Å². The molecule has 1 heterocycles. The Morgan fingerprint density at radius 2 is 1.62 bits per heavy atom. The molecular formula is C20H29N3O2S. The molecule has 0 aliphatic rings. The fraction of sp³-hybridized carbons (Fsp3) is 0.450. The van der Waals surface area contributed by atoms with Crippen LogP contribution < -0.4 is 9.62 Å². The molecule has 2 aromatic rings. The number of nitrogens with one attached hydrogen (secondary N) is 1. The van der Waals surface area contributed by atoms with Gasteiger partial charge in [-0.3, -0.25) is 4.72 Å². The first-order valence-corrected chi connectivity index (χ1v) is 10.7. The van der Waals surface area contributed by atoms with Crippen molar-refractivity contribution in [1.82, 2.24) is 4.98 Å². The summed E-state index contributed by atoms with van der Waals surface area (Å²) in [5, 5.41) is 0. The lowest BCUT2D eigenvalue weighted by atomic mass is 10.0. The highest BCUT2D eigenvalue weighted by molar-refractivity contribution is 7.92. The van der Waals surface area contributed by atoms with Crippen LogP contribution in [-0.4, -0.2) is 26.5 Å². The maximum Gasteiger partial charge on any atom is 0.263 e. The largest absolute Gasteiger partial charge is 0.370 e. The molecule has 0 amide bonds. The molecule has 2 rings (SSSR count). The van der Waals surface area contributed by atoms with Crippen LogP contribution in [0.25, 0.3) is 0 Å². The predicted octanol–water partition coefficient (Wildman–Crippen LogP) is 4.63. The van der Waals surface area contributed by atoms with E-state index in [1.54, 1.807) is 24.4 Å². The van der Waals surface area contributed by atoms with Gasteiger partial charge in [0.1, 0.15) is 5.82 Å². The molecule has 5 nitrogen and oxygen atoms in total. The molecule has 26 heavy (non-hydrogen) atoms. The summed E-state index contributed by atoms with van der Waals surface area (Å²) in [5.41, 5.74) is 2.12. The van der Waals surface area contributed by atoms with Crippen LogP contribution >= 0.6 is 0 Å². The average molecular weight is 376 g/mol. The van der Waals surface area contributed by atoms with E-state index in [2.05, 4.69) is 42.3 Å². The van der Waals surface area contributed by atoms with E-state index in [0.717, 1.165) is 37.2 Å². The number of nitrogens with zero attached hydrogens (tertiary/aromatic N) is 2. The molecule has 1 aromatic carbocycles. The Balaban J connectivity index is 2.14. The van der Waals surface area contributed by atoms with E-state index in [-0.39, 0.29) is 4.90 Å². The summed E-state index contributed by atoms with van der Waals surface area (Å²) in [7, 11) is -3.64. The van der Waals surface area contributed by atoms with E-state index in [4.69, 9.17) is 0 Å². The Labute approximate surface area is 157 Å². The highest BCUT2D eigenvalue weighted by Gasteiger charge is 2.15. The lowest BCUT2D eigenvalue weighted by Crippen LogP contribution is -2.25. The number of hydrogen-bond acceptors (Lipinski definition) is 4. The number of anilines is 2. The van der Waals surface area contributed by atoms with Crippen LogP contribution in [0.3, 0.4) is 0 Å². The zero-order valence-corrected chi connectivity index (χ0v) is 16.9. The molecule has 1 aromatic heterocycles. The third-order valence-corrected chi connectivity index (χ3v) is 5.57. The van der Waals surface area contributed by atoms with Gasteiger partial charge in [0.25, 0.3) is 10.0 Å². The highest BCUT2D eigenvalue weighted by atomic mass is 32.2. The maximum atomic E-state index is 12.5. The SMILES string of the molecule is CCCN(CCC)c1ccc(NS(=O)(=O)c2ccc(C(C)C)cc2)nc1. The molecule has 0 bridgehead atoms. The van der Waals surface area contributed by atoms with E-state index in [1.807, 2.05) is 18.2 Å². The Hall–Kier alpha value is -2.08. The van der Waals surface area contributed by atoms with Crippen LogP contribution in [0.4, 0.5) is 11.5 Å². The zero-order chi connectivity index (χ0) is 19.2. The zero-order valence-electron chi connectivity index (χ0n) is 16.1. The topological polar surface area (TPSA) is 62.3 Å². The van der Waals surface area contributed by atoms with Crippen molar-refractivity contribution in [3.63, 3.8) is 0 Å². The molecular weight excluding hydrogens is 346 g/mol. The molecule has 0 aliphatic heterocycles. The molecule has 0 fully saturated rings. The number of aromatic nitrogens is 1. The van der Waals surface area contributed by atoms with Crippen molar-refractivity contribution < 1.29 is 8.42 Å². The molecule has 0 aliphatic carbocycles. The van der Waals surface area contributed by atoms with Crippen molar-refractivity contribution in [1.29, 1.82) is 0 Å². The molecule has 0 atom stereocenters. The molecule has 0 radical (unpaired) electrons. The predicted molar refractivity (Wildman–Crippen MR) is 108 cm³/mol. The first-order valence-electron chi connectivity index (χ1n) is 9.21. The Bertz CT molecular complexity index is 779. The number of benzene rings is 1. The van der Waals surface area contributed by atoms with Crippen molar-refractivity contribution in [3.8, 4) is 0 Å². The highest BCUT2D eigenvalue weighted by Crippen LogP contribution is 2.21. The lowest BCUT2D eigenvalue weighted by molar-refractivity contribution is 0.601. The Morgan fingerprint density at radius 1 is 1.00 bits per heavy atom. The number of sulfonamides is 1. The van der Waals surface area contributed by atoms with Crippen LogP contribution in [-0.2, 0) is 10.0 Å². The summed E-state index contributed by atoms with van der Waals surface area (Å²) in [6.07, 6.45) is 3.84. The van der Waals surface area contributed by atoms with Crippen molar-refractivity contribution >= 4 is 21.5 Å². The standard InChI is InChI=1S/C20H29N3O2S/c1-5-13-23(14-6-2)18-9-12-20(21-15-18)22-26(24,25)19-10-7-17(8-11-19)16(3)4/h7-12,15-16H,5-6,13-14H2,1-4H3,(H,21,22). The van der Waals surface area contributed by atoms with Gasteiger partial charge in [0.05, 0.1) is 16.8 Å². The van der Waals surface area contributed by atoms with E-state index in [9.17, 15) is 8.42 Å². The van der Waals surface area contributed by atoms with Gasteiger partial charge in [0, 0.05) is 13.1 Å². The molecule has 0 spiro atoms. The minimum absolute atomic E-state index is 0.242. The number of rotatable bonds is 9. The smallest absolute Gasteiger partial charge is 0.263 e. The normalized spacial score (nSPS) is 11.6. The maximum absolute atomic E-state index is 12.5. The average Bonchev–Trinajstić information content (AvgIpc) is 2.62. The fourth-order valence-electron chi connectivity index (χ4n) is 2.77. The molecule has 142 valence electrons. The van der Waals surface area contributed by atoms with Crippen molar-refractivity contribution in [3.05, 3.63) is 48.2 Å². The summed E-state index contributed by atoms with van der Waals surface area (Å²) in [4.78, 5) is 6.79. The molecule has 6 heteroatoms. The fourth-order valence-corrected chi connectivity index (χ4v) is 3.78. The van der Waals surface area contributed by atoms with Gasteiger partial charge >= 0.3 is 0 Å². The first kappa shape index (κ1) is 20.2. The van der Waals surface area contributed by atoms with E-state index >= 15 is 0 Å². The van der Waals surface area contributed by atoms with Gasteiger partial charge in [0.15, 0.2) is 0 Å². The minimum Gasteiger partial charge on any atom is -0.370 e. The number of hydrogen-bond donors (Lipinski definition) is 1. The summed E-state index contributed by atoms with van der Waals surface area (Å²) in [5.74, 6) is 0.692. The summed E-state index contributed by atoms with van der Waals surface area (Å²) >= 11 is 0. The molecule has 0 saturated carbocycles. The minimum atomic E-state index is -3.64. The lowest BCUT2D eigenvalue weighted by Gasteiger charge is -2.23. The second-order valence-corrected chi connectivity index (χ2v) is 8.40. The molecule has 1 N–H and O–H groups in total. The van der Waals surface area contributed by atoms with Gasteiger partial charge in [-0.05, 0) is 48.6 Å². The van der Waals surface area contributed by atoms with E-state index in [1.165, 1.54) is 0 Å². The summed E-state index contributed by atoms with van der Waals surface area (Å²) in [6, 6.07) is 10.6. The van der Waals surface area contributed by atoms with Crippen LogP contribution in [0.2, 0.25) is 0 Å². The van der Waals surface area contributed by atoms with Gasteiger partial charge in [-0.2, -0.15) is 0 Å². The Kier molecular flexibility index (Phi) is 7.03. The van der Waals surface area contributed by atoms with E-state index < -0.39 is 10.0 Å². The first-order chi connectivity index (χ1) is 12.4. The van der Waals surface area contributed by atoms with Crippen molar-refractivity contribution in [2.45, 2.75) is 51.3 Å². The molecule has 0 saturated heterocycles. The monoisotopic (exact) mass is 375 g/mol. The molecule has 0 unspecified atom stereocenters. The Morgan fingerprint density at radius 3 is 2.08 bits per heavy atom. The van der Waals surface area contributed by atoms with Gasteiger partial charge in [-0.15, -0.1) is 0 Å². The van der Waals surface area contributed by atoms with Gasteiger partial charge in [0.2, 0.25) is 0 Å². The van der Waals surface area contributed by atoms with Crippen LogP contribution in [0.15, 0.2) is 47.5 Å². The van der Waals surface area contributed by atoms with Crippen LogP contribution in [0, 0.1) is 0 Å². The van der Waals surface area contributed by atoms with Gasteiger partial charge in [-0.25, -0.2) is 13.4 Å². The second kappa shape index (κ2) is 9.03. The van der Waals surface area contributed by atoms with Crippen molar-refractivity contribution in [2.75, 3.05) is 22.7 Å². The van der Waals surface area contributed by atoms with E-state index in [0.29, 0.717) is 11.7 Å². The van der Waals surface area contributed by atoms with Gasteiger partial charge in [-0.1, -0.05) is 39.8 Å². The third kappa shape index (κ3) is 5.21. The van der Waals surface area contributed by atoms with Gasteiger partial charge < -0.3 is 4.90 Å². The quantitative estimate of drug-likeness (QED) is 0.694. The second-order valence-electron chi connectivity index (χ2n) is 6.72. The number of pyridine rings is 1.